The van der Waals surface area contributed by atoms with Crippen molar-refractivity contribution in [3.8, 4) is 0 Å². The van der Waals surface area contributed by atoms with Gasteiger partial charge >= 0.3 is 0 Å². The Kier molecular flexibility index (Phi) is 2.13. The molecule has 0 radical (unpaired) electrons. The SMILES string of the molecule is CC1CCC(O)(CNC2CC2)C1. The normalized spacial score (nSPS) is 42.0. The molecule has 0 aliphatic heterocycles. The van der Waals surface area contributed by atoms with E-state index in [-0.39, 0.29) is 5.60 Å². The second-order valence-electron chi connectivity index (χ2n) is 4.73. The molecule has 2 rings (SSSR count). The number of aliphatic hydroxyl groups is 1. The van der Waals surface area contributed by atoms with Gasteiger partial charge in [0.2, 0.25) is 0 Å². The minimum atomic E-state index is -0.373. The van der Waals surface area contributed by atoms with Gasteiger partial charge in [-0.15, -0.1) is 0 Å². The Bertz CT molecular complexity index is 167. The van der Waals surface area contributed by atoms with E-state index in [1.54, 1.807) is 0 Å². The van der Waals surface area contributed by atoms with Crippen LogP contribution in [0.5, 0.6) is 0 Å². The van der Waals surface area contributed by atoms with Gasteiger partial charge < -0.3 is 10.4 Å². The average Bonchev–Trinajstić information content (AvgIpc) is 2.77. The third-order valence-electron chi connectivity index (χ3n) is 3.13. The average molecular weight is 169 g/mol. The summed E-state index contributed by atoms with van der Waals surface area (Å²) in [5, 5.41) is 13.5. The summed E-state index contributed by atoms with van der Waals surface area (Å²) < 4.78 is 0. The molecule has 2 heteroatoms. The van der Waals surface area contributed by atoms with Crippen molar-refractivity contribution in [2.75, 3.05) is 6.54 Å². The molecule has 0 amide bonds. The number of nitrogens with one attached hydrogen (secondary N) is 1. The second-order valence-corrected chi connectivity index (χ2v) is 4.73. The zero-order valence-electron chi connectivity index (χ0n) is 7.84. The molecule has 0 aromatic heterocycles. The molecule has 0 saturated heterocycles. The molecule has 2 aliphatic carbocycles. The fourth-order valence-corrected chi connectivity index (χ4v) is 2.15. The quantitative estimate of drug-likeness (QED) is 0.667. The van der Waals surface area contributed by atoms with Crippen LogP contribution in [-0.2, 0) is 0 Å². The van der Waals surface area contributed by atoms with Crippen LogP contribution in [0.25, 0.3) is 0 Å². The van der Waals surface area contributed by atoms with Crippen molar-refractivity contribution >= 4 is 0 Å². The monoisotopic (exact) mass is 169 g/mol. The maximum Gasteiger partial charge on any atom is 0.0774 e. The molecule has 0 aromatic carbocycles. The van der Waals surface area contributed by atoms with Gasteiger partial charge in [-0.2, -0.15) is 0 Å². The van der Waals surface area contributed by atoms with Crippen LogP contribution in [0.1, 0.15) is 39.0 Å². The molecule has 2 N–H and O–H groups in total. The number of hydrogen-bond acceptors (Lipinski definition) is 2. The third kappa shape index (κ3) is 1.99. The van der Waals surface area contributed by atoms with Crippen LogP contribution < -0.4 is 5.32 Å². The summed E-state index contributed by atoms with van der Waals surface area (Å²) in [4.78, 5) is 0. The largest absolute Gasteiger partial charge is 0.389 e. The Morgan fingerprint density at radius 1 is 1.42 bits per heavy atom. The van der Waals surface area contributed by atoms with E-state index >= 15 is 0 Å². The predicted octanol–water partition coefficient (Wildman–Crippen LogP) is 1.29. The Balaban J connectivity index is 1.76. The first-order valence-corrected chi connectivity index (χ1v) is 5.14. The second kappa shape index (κ2) is 3.00. The molecule has 2 aliphatic rings. The molecule has 2 atom stereocenters. The van der Waals surface area contributed by atoms with Gasteiger partial charge in [0.1, 0.15) is 0 Å². The van der Waals surface area contributed by atoms with Crippen molar-refractivity contribution in [2.24, 2.45) is 5.92 Å². The minimum Gasteiger partial charge on any atom is -0.389 e. The van der Waals surface area contributed by atoms with Crippen molar-refractivity contribution in [1.29, 1.82) is 0 Å². The smallest absolute Gasteiger partial charge is 0.0774 e. The summed E-state index contributed by atoms with van der Waals surface area (Å²) in [5.74, 6) is 0.719. The first-order chi connectivity index (χ1) is 5.68. The first-order valence-electron chi connectivity index (χ1n) is 5.14. The fourth-order valence-electron chi connectivity index (χ4n) is 2.15. The van der Waals surface area contributed by atoms with Crippen molar-refractivity contribution in [2.45, 2.75) is 50.7 Å². The van der Waals surface area contributed by atoms with Crippen LogP contribution in [0.15, 0.2) is 0 Å². The molecule has 2 nitrogen and oxygen atoms in total. The van der Waals surface area contributed by atoms with Crippen molar-refractivity contribution in [3.05, 3.63) is 0 Å². The van der Waals surface area contributed by atoms with Crippen LogP contribution in [0, 0.1) is 5.92 Å². The summed E-state index contributed by atoms with van der Waals surface area (Å²) in [6.45, 7) is 3.05. The van der Waals surface area contributed by atoms with Gasteiger partial charge in [0.05, 0.1) is 5.60 Å². The van der Waals surface area contributed by atoms with Gasteiger partial charge in [-0.05, 0) is 38.0 Å². The molecule has 12 heavy (non-hydrogen) atoms. The van der Waals surface area contributed by atoms with E-state index in [1.165, 1.54) is 19.3 Å². The van der Waals surface area contributed by atoms with Gasteiger partial charge in [0, 0.05) is 12.6 Å². The zero-order valence-corrected chi connectivity index (χ0v) is 7.84. The molecular weight excluding hydrogens is 150 g/mol. The Hall–Kier alpha value is -0.0800. The highest BCUT2D eigenvalue weighted by Gasteiger charge is 2.36. The van der Waals surface area contributed by atoms with E-state index in [1.807, 2.05) is 0 Å². The van der Waals surface area contributed by atoms with Crippen molar-refractivity contribution in [3.63, 3.8) is 0 Å². The summed E-state index contributed by atoms with van der Waals surface area (Å²) in [6, 6.07) is 0.727. The van der Waals surface area contributed by atoms with Crippen LogP contribution in [0.4, 0.5) is 0 Å². The van der Waals surface area contributed by atoms with E-state index < -0.39 is 0 Å². The standard InChI is InChI=1S/C10H19NO/c1-8-4-5-10(12,6-8)7-11-9-2-3-9/h8-9,11-12H,2-7H2,1H3. The maximum atomic E-state index is 10.1. The van der Waals surface area contributed by atoms with E-state index in [9.17, 15) is 5.11 Å². The topological polar surface area (TPSA) is 32.3 Å². The lowest BCUT2D eigenvalue weighted by Gasteiger charge is -2.22. The highest BCUT2D eigenvalue weighted by Crippen LogP contribution is 2.34. The van der Waals surface area contributed by atoms with Crippen LogP contribution in [-0.4, -0.2) is 23.3 Å². The van der Waals surface area contributed by atoms with Gasteiger partial charge in [-0.1, -0.05) is 6.92 Å². The zero-order chi connectivity index (χ0) is 8.60. The minimum absolute atomic E-state index is 0.373. The summed E-state index contributed by atoms with van der Waals surface area (Å²) in [5.41, 5.74) is -0.373. The molecule has 0 aromatic rings. The van der Waals surface area contributed by atoms with E-state index in [0.29, 0.717) is 0 Å². The molecule has 0 spiro atoms. The molecule has 0 bridgehead atoms. The van der Waals surface area contributed by atoms with E-state index in [0.717, 1.165) is 31.3 Å². The lowest BCUT2D eigenvalue weighted by molar-refractivity contribution is 0.0439. The molecule has 0 heterocycles. The Labute approximate surface area is 74.4 Å². The van der Waals surface area contributed by atoms with Gasteiger partial charge in [0.25, 0.3) is 0 Å². The van der Waals surface area contributed by atoms with Crippen molar-refractivity contribution < 1.29 is 5.11 Å². The Morgan fingerprint density at radius 3 is 2.67 bits per heavy atom. The maximum absolute atomic E-state index is 10.1. The van der Waals surface area contributed by atoms with Gasteiger partial charge in [0.15, 0.2) is 0 Å². The summed E-state index contributed by atoms with van der Waals surface area (Å²) >= 11 is 0. The summed E-state index contributed by atoms with van der Waals surface area (Å²) in [6.07, 6.45) is 5.81. The van der Waals surface area contributed by atoms with Crippen molar-refractivity contribution in [1.82, 2.24) is 5.32 Å². The highest BCUT2D eigenvalue weighted by atomic mass is 16.3. The third-order valence-corrected chi connectivity index (χ3v) is 3.13. The highest BCUT2D eigenvalue weighted by molar-refractivity contribution is 4.92. The van der Waals surface area contributed by atoms with Crippen LogP contribution in [0.2, 0.25) is 0 Å². The molecule has 2 unspecified atom stereocenters. The summed E-state index contributed by atoms with van der Waals surface area (Å²) in [7, 11) is 0. The Morgan fingerprint density at radius 2 is 2.17 bits per heavy atom. The van der Waals surface area contributed by atoms with Crippen LogP contribution in [0.3, 0.4) is 0 Å². The number of rotatable bonds is 3. The first kappa shape index (κ1) is 8.52. The number of hydrogen-bond donors (Lipinski definition) is 2. The van der Waals surface area contributed by atoms with Crippen LogP contribution >= 0.6 is 0 Å². The van der Waals surface area contributed by atoms with E-state index in [2.05, 4.69) is 12.2 Å². The predicted molar refractivity (Wildman–Crippen MR) is 49.0 cm³/mol. The molecule has 2 fully saturated rings. The van der Waals surface area contributed by atoms with Gasteiger partial charge in [-0.3, -0.25) is 0 Å². The van der Waals surface area contributed by atoms with E-state index in [4.69, 9.17) is 0 Å². The molecule has 2 saturated carbocycles. The molecule has 70 valence electrons. The lowest BCUT2D eigenvalue weighted by atomic mass is 10.0. The fraction of sp³-hybridized carbons (Fsp3) is 1.00. The molecular formula is C10H19NO. The lowest BCUT2D eigenvalue weighted by Crippen LogP contribution is -2.39. The van der Waals surface area contributed by atoms with Gasteiger partial charge in [-0.25, -0.2) is 0 Å².